The SMILES string of the molecule is CN1C(=O)S/C(=C\c2cc(I)c(OCc3ccc(I)cc3)c(I)c2)C1=O. The molecule has 0 bridgehead atoms. The van der Waals surface area contributed by atoms with E-state index in [9.17, 15) is 9.59 Å². The Hall–Kier alpha value is -0.340. The highest BCUT2D eigenvalue weighted by Gasteiger charge is 2.31. The fourth-order valence-electron chi connectivity index (χ4n) is 2.23. The van der Waals surface area contributed by atoms with Crippen molar-refractivity contribution in [1.29, 1.82) is 0 Å². The van der Waals surface area contributed by atoms with Crippen LogP contribution >= 0.6 is 79.5 Å². The van der Waals surface area contributed by atoms with Crippen molar-refractivity contribution in [3.05, 3.63) is 63.1 Å². The summed E-state index contributed by atoms with van der Waals surface area (Å²) in [6.45, 7) is 0.497. The van der Waals surface area contributed by atoms with Gasteiger partial charge in [0.25, 0.3) is 11.1 Å². The van der Waals surface area contributed by atoms with Crippen molar-refractivity contribution in [2.24, 2.45) is 0 Å². The van der Waals surface area contributed by atoms with E-state index in [1.54, 1.807) is 6.08 Å². The van der Waals surface area contributed by atoms with Crippen molar-refractivity contribution in [2.75, 3.05) is 7.05 Å². The fraction of sp³-hybridized carbons (Fsp3) is 0.111. The van der Waals surface area contributed by atoms with Gasteiger partial charge < -0.3 is 4.74 Å². The van der Waals surface area contributed by atoms with Crippen LogP contribution in [-0.4, -0.2) is 23.1 Å². The molecule has 8 heteroatoms. The van der Waals surface area contributed by atoms with Crippen LogP contribution in [0.4, 0.5) is 4.79 Å². The Morgan fingerprint density at radius 3 is 2.23 bits per heavy atom. The summed E-state index contributed by atoms with van der Waals surface area (Å²) in [5.41, 5.74) is 1.98. The minimum absolute atomic E-state index is 0.247. The number of rotatable bonds is 4. The molecule has 0 aromatic heterocycles. The lowest BCUT2D eigenvalue weighted by atomic mass is 10.2. The van der Waals surface area contributed by atoms with Crippen molar-refractivity contribution in [3.8, 4) is 5.75 Å². The van der Waals surface area contributed by atoms with Crippen molar-refractivity contribution in [3.63, 3.8) is 0 Å². The zero-order valence-electron chi connectivity index (χ0n) is 13.5. The predicted octanol–water partition coefficient (Wildman–Crippen LogP) is 5.75. The third kappa shape index (κ3) is 4.73. The van der Waals surface area contributed by atoms with Gasteiger partial charge in [0.1, 0.15) is 12.4 Å². The Labute approximate surface area is 196 Å². The molecular formula is C18H12I3NO3S. The lowest BCUT2D eigenvalue weighted by molar-refractivity contribution is -0.121. The lowest BCUT2D eigenvalue weighted by Crippen LogP contribution is -2.22. The number of halogens is 3. The van der Waals surface area contributed by atoms with Gasteiger partial charge in [0.2, 0.25) is 0 Å². The molecule has 1 aliphatic heterocycles. The molecule has 0 saturated carbocycles. The third-order valence-electron chi connectivity index (χ3n) is 3.60. The van der Waals surface area contributed by atoms with E-state index in [4.69, 9.17) is 4.74 Å². The first-order valence-electron chi connectivity index (χ1n) is 7.43. The number of carbonyl (C=O) groups is 2. The summed E-state index contributed by atoms with van der Waals surface area (Å²) in [7, 11) is 1.49. The first-order chi connectivity index (χ1) is 12.3. The molecule has 1 aliphatic rings. The average Bonchev–Trinajstić information content (AvgIpc) is 2.83. The standard InChI is InChI=1S/C18H12I3NO3S/c1-22-17(23)15(26-18(22)24)8-11-6-13(20)16(14(21)7-11)25-9-10-2-4-12(19)5-3-10/h2-8H,9H2,1H3/b15-8-. The minimum Gasteiger partial charge on any atom is -0.487 e. The van der Waals surface area contributed by atoms with Gasteiger partial charge in [-0.15, -0.1) is 0 Å². The van der Waals surface area contributed by atoms with E-state index < -0.39 is 0 Å². The minimum atomic E-state index is -0.260. The van der Waals surface area contributed by atoms with Gasteiger partial charge in [-0.1, -0.05) is 12.1 Å². The molecule has 3 rings (SSSR count). The van der Waals surface area contributed by atoms with Gasteiger partial charge in [0, 0.05) is 10.6 Å². The van der Waals surface area contributed by atoms with Crippen LogP contribution in [0.1, 0.15) is 11.1 Å². The van der Waals surface area contributed by atoms with Gasteiger partial charge in [0.05, 0.1) is 12.0 Å². The van der Waals surface area contributed by atoms with Crippen molar-refractivity contribution < 1.29 is 14.3 Å². The summed E-state index contributed by atoms with van der Waals surface area (Å²) in [4.78, 5) is 25.2. The van der Waals surface area contributed by atoms with Crippen LogP contribution in [0.3, 0.4) is 0 Å². The van der Waals surface area contributed by atoms with Crippen LogP contribution in [-0.2, 0) is 11.4 Å². The summed E-state index contributed by atoms with van der Waals surface area (Å²) in [6, 6.07) is 12.1. The molecule has 0 spiro atoms. The second-order valence-electron chi connectivity index (χ2n) is 5.47. The Bertz CT molecular complexity index is 889. The molecule has 0 aliphatic carbocycles. The first-order valence-corrected chi connectivity index (χ1v) is 11.5. The van der Waals surface area contributed by atoms with Gasteiger partial charge in [-0.3, -0.25) is 14.5 Å². The zero-order valence-corrected chi connectivity index (χ0v) is 20.8. The van der Waals surface area contributed by atoms with E-state index in [0.29, 0.717) is 11.5 Å². The summed E-state index contributed by atoms with van der Waals surface area (Å²) in [5.74, 6) is 0.564. The third-order valence-corrected chi connectivity index (χ3v) is 6.88. The second-order valence-corrected chi connectivity index (χ2v) is 10.0. The highest BCUT2D eigenvalue weighted by atomic mass is 127. The van der Waals surface area contributed by atoms with Crippen molar-refractivity contribution in [2.45, 2.75) is 6.61 Å². The van der Waals surface area contributed by atoms with Gasteiger partial charge in [0.15, 0.2) is 0 Å². The molecule has 0 atom stereocenters. The molecule has 2 aromatic rings. The largest absolute Gasteiger partial charge is 0.487 e. The molecule has 2 amide bonds. The van der Waals surface area contributed by atoms with Gasteiger partial charge in [-0.25, -0.2) is 0 Å². The van der Waals surface area contributed by atoms with Gasteiger partial charge in [-0.2, -0.15) is 0 Å². The molecule has 4 nitrogen and oxygen atoms in total. The molecule has 0 N–H and O–H groups in total. The number of imide groups is 1. The van der Waals surface area contributed by atoms with Gasteiger partial charge in [-0.05, 0) is 121 Å². The topological polar surface area (TPSA) is 46.6 Å². The van der Waals surface area contributed by atoms with Crippen LogP contribution in [0, 0.1) is 10.7 Å². The summed E-state index contributed by atoms with van der Waals surface area (Å²) in [6.07, 6.45) is 1.75. The van der Waals surface area contributed by atoms with E-state index in [2.05, 4.69) is 92.0 Å². The Morgan fingerprint density at radius 1 is 1.08 bits per heavy atom. The van der Waals surface area contributed by atoms with E-state index in [0.717, 1.165) is 40.7 Å². The molecule has 2 aromatic carbocycles. The van der Waals surface area contributed by atoms with Crippen LogP contribution in [0.2, 0.25) is 0 Å². The van der Waals surface area contributed by atoms with Crippen molar-refractivity contribution >= 4 is 96.8 Å². The normalized spacial score (nSPS) is 15.8. The first kappa shape index (κ1) is 20.4. The number of nitrogens with zero attached hydrogens (tertiary/aromatic N) is 1. The second kappa shape index (κ2) is 8.78. The molecule has 134 valence electrons. The van der Waals surface area contributed by atoms with Crippen LogP contribution < -0.4 is 4.74 Å². The maximum absolute atomic E-state index is 12.0. The Balaban J connectivity index is 1.79. The number of likely N-dealkylation sites (N-methyl/N-ethyl adjacent to an activating group) is 1. The molecule has 0 unspecified atom stereocenters. The smallest absolute Gasteiger partial charge is 0.293 e. The van der Waals surface area contributed by atoms with Crippen LogP contribution in [0.15, 0.2) is 41.3 Å². The molecular weight excluding hydrogens is 691 g/mol. The van der Waals surface area contributed by atoms with Gasteiger partial charge >= 0.3 is 0 Å². The highest BCUT2D eigenvalue weighted by Crippen LogP contribution is 2.34. The lowest BCUT2D eigenvalue weighted by Gasteiger charge is -2.12. The number of hydrogen-bond acceptors (Lipinski definition) is 4. The maximum Gasteiger partial charge on any atom is 0.293 e. The molecule has 1 fully saturated rings. The predicted molar refractivity (Wildman–Crippen MR) is 129 cm³/mol. The molecule has 26 heavy (non-hydrogen) atoms. The molecule has 0 radical (unpaired) electrons. The summed E-state index contributed by atoms with van der Waals surface area (Å²) < 4.78 is 9.11. The quantitative estimate of drug-likeness (QED) is 0.301. The van der Waals surface area contributed by atoms with Crippen molar-refractivity contribution in [1.82, 2.24) is 4.90 Å². The monoisotopic (exact) mass is 703 g/mol. The van der Waals surface area contributed by atoms with E-state index in [1.165, 1.54) is 10.6 Å². The highest BCUT2D eigenvalue weighted by molar-refractivity contribution is 14.1. The average molecular weight is 703 g/mol. The molecule has 1 saturated heterocycles. The Kier molecular flexibility index (Phi) is 6.88. The summed E-state index contributed by atoms with van der Waals surface area (Å²) >= 11 is 7.70. The van der Waals surface area contributed by atoms with E-state index >= 15 is 0 Å². The van der Waals surface area contributed by atoms with Crippen LogP contribution in [0.5, 0.6) is 5.75 Å². The maximum atomic E-state index is 12.0. The fourth-order valence-corrected chi connectivity index (χ4v) is 5.55. The van der Waals surface area contributed by atoms with E-state index in [1.807, 2.05) is 12.1 Å². The molecule has 1 heterocycles. The number of carbonyl (C=O) groups excluding carboxylic acids is 2. The summed E-state index contributed by atoms with van der Waals surface area (Å²) in [5, 5.41) is -0.247. The van der Waals surface area contributed by atoms with Crippen LogP contribution in [0.25, 0.3) is 6.08 Å². The number of amides is 2. The zero-order chi connectivity index (χ0) is 18.8. The number of hydrogen-bond donors (Lipinski definition) is 0. The Morgan fingerprint density at radius 2 is 1.69 bits per heavy atom. The van der Waals surface area contributed by atoms with E-state index in [-0.39, 0.29) is 11.1 Å². The number of benzene rings is 2. The number of thioether (sulfide) groups is 1. The number of ether oxygens (including phenoxy) is 1.